The van der Waals surface area contributed by atoms with Crippen molar-refractivity contribution in [3.63, 3.8) is 0 Å². The number of hydrogen-bond donors (Lipinski definition) is 1. The summed E-state index contributed by atoms with van der Waals surface area (Å²) in [5, 5.41) is 0. The Kier molecular flexibility index (Phi) is 3.21. The number of nitrogens with zero attached hydrogens (tertiary/aromatic N) is 1. The SMILES string of the molecule is COC(=O)c1cccc(Cc2nc3ccccc3[nH]2)c1. The second-order valence-electron chi connectivity index (χ2n) is 4.57. The Bertz CT molecular complexity index is 729. The number of esters is 1. The zero-order valence-electron chi connectivity index (χ0n) is 11.1. The normalized spacial score (nSPS) is 10.7. The third kappa shape index (κ3) is 2.40. The molecule has 0 amide bonds. The molecule has 0 radical (unpaired) electrons. The highest BCUT2D eigenvalue weighted by Gasteiger charge is 2.07. The summed E-state index contributed by atoms with van der Waals surface area (Å²) in [6, 6.07) is 15.3. The number of aromatic amines is 1. The van der Waals surface area contributed by atoms with Gasteiger partial charge in [-0.05, 0) is 29.8 Å². The van der Waals surface area contributed by atoms with E-state index in [1.54, 1.807) is 6.07 Å². The minimum atomic E-state index is -0.323. The lowest BCUT2D eigenvalue weighted by Gasteiger charge is -2.02. The van der Waals surface area contributed by atoms with Crippen molar-refractivity contribution in [2.75, 3.05) is 7.11 Å². The van der Waals surface area contributed by atoms with Crippen LogP contribution >= 0.6 is 0 Å². The summed E-state index contributed by atoms with van der Waals surface area (Å²) in [6.07, 6.45) is 0.652. The van der Waals surface area contributed by atoms with Crippen LogP contribution in [0.4, 0.5) is 0 Å². The molecule has 3 aromatic rings. The molecule has 0 aliphatic heterocycles. The highest BCUT2D eigenvalue weighted by atomic mass is 16.5. The predicted octanol–water partition coefficient (Wildman–Crippen LogP) is 2.94. The number of ether oxygens (including phenoxy) is 1. The van der Waals surface area contributed by atoms with Gasteiger partial charge in [-0.1, -0.05) is 24.3 Å². The van der Waals surface area contributed by atoms with Gasteiger partial charge in [0.05, 0.1) is 23.7 Å². The lowest BCUT2D eigenvalue weighted by molar-refractivity contribution is 0.0600. The van der Waals surface area contributed by atoms with Gasteiger partial charge in [0.1, 0.15) is 5.82 Å². The number of H-pyrrole nitrogens is 1. The van der Waals surface area contributed by atoms with Crippen LogP contribution in [0.1, 0.15) is 21.7 Å². The number of imidazole rings is 1. The zero-order valence-corrected chi connectivity index (χ0v) is 11.1. The van der Waals surface area contributed by atoms with Crippen LogP contribution in [0.15, 0.2) is 48.5 Å². The van der Waals surface area contributed by atoms with Gasteiger partial charge in [0.2, 0.25) is 0 Å². The molecule has 0 aliphatic rings. The molecular weight excluding hydrogens is 252 g/mol. The summed E-state index contributed by atoms with van der Waals surface area (Å²) in [5.74, 6) is 0.560. The monoisotopic (exact) mass is 266 g/mol. The molecule has 1 heterocycles. The zero-order chi connectivity index (χ0) is 13.9. The molecule has 4 heteroatoms. The van der Waals surface area contributed by atoms with Crippen LogP contribution in [0.2, 0.25) is 0 Å². The van der Waals surface area contributed by atoms with E-state index in [4.69, 9.17) is 4.74 Å². The van der Waals surface area contributed by atoms with Gasteiger partial charge in [-0.15, -0.1) is 0 Å². The lowest BCUT2D eigenvalue weighted by Crippen LogP contribution is -2.02. The van der Waals surface area contributed by atoms with Crippen molar-refractivity contribution in [3.05, 3.63) is 65.5 Å². The molecule has 3 rings (SSSR count). The minimum Gasteiger partial charge on any atom is -0.465 e. The number of para-hydroxylation sites is 2. The van der Waals surface area contributed by atoms with E-state index in [1.807, 2.05) is 42.5 Å². The topological polar surface area (TPSA) is 55.0 Å². The van der Waals surface area contributed by atoms with Gasteiger partial charge in [0, 0.05) is 6.42 Å². The lowest BCUT2D eigenvalue weighted by atomic mass is 10.1. The summed E-state index contributed by atoms with van der Waals surface area (Å²) in [6.45, 7) is 0. The van der Waals surface area contributed by atoms with Crippen molar-refractivity contribution < 1.29 is 9.53 Å². The summed E-state index contributed by atoms with van der Waals surface area (Å²) in [5.41, 5.74) is 3.55. The van der Waals surface area contributed by atoms with Crippen LogP contribution in [0.25, 0.3) is 11.0 Å². The number of benzene rings is 2. The third-order valence-electron chi connectivity index (χ3n) is 3.16. The maximum absolute atomic E-state index is 11.5. The molecule has 4 nitrogen and oxygen atoms in total. The summed E-state index contributed by atoms with van der Waals surface area (Å²) in [4.78, 5) is 19.3. The first-order chi connectivity index (χ1) is 9.76. The van der Waals surface area contributed by atoms with Gasteiger partial charge >= 0.3 is 5.97 Å². The molecule has 1 aromatic heterocycles. The molecule has 20 heavy (non-hydrogen) atoms. The van der Waals surface area contributed by atoms with E-state index >= 15 is 0 Å². The molecule has 0 unspecified atom stereocenters. The van der Waals surface area contributed by atoms with Crippen molar-refractivity contribution in [1.82, 2.24) is 9.97 Å². The molecule has 0 atom stereocenters. The van der Waals surface area contributed by atoms with Gasteiger partial charge in [-0.3, -0.25) is 0 Å². The maximum Gasteiger partial charge on any atom is 0.337 e. The van der Waals surface area contributed by atoms with Crippen LogP contribution < -0.4 is 0 Å². The average molecular weight is 266 g/mol. The summed E-state index contributed by atoms with van der Waals surface area (Å²) < 4.78 is 4.73. The van der Waals surface area contributed by atoms with Gasteiger partial charge in [0.15, 0.2) is 0 Å². The van der Waals surface area contributed by atoms with Gasteiger partial charge in [0.25, 0.3) is 0 Å². The van der Waals surface area contributed by atoms with E-state index in [2.05, 4.69) is 9.97 Å². The van der Waals surface area contributed by atoms with E-state index in [0.29, 0.717) is 12.0 Å². The van der Waals surface area contributed by atoms with E-state index in [-0.39, 0.29) is 5.97 Å². The fourth-order valence-corrected chi connectivity index (χ4v) is 2.21. The smallest absolute Gasteiger partial charge is 0.337 e. The van der Waals surface area contributed by atoms with Crippen LogP contribution in [0.5, 0.6) is 0 Å². The average Bonchev–Trinajstić information content (AvgIpc) is 2.88. The number of methoxy groups -OCH3 is 1. The Hall–Kier alpha value is -2.62. The number of nitrogens with one attached hydrogen (secondary N) is 1. The standard InChI is InChI=1S/C16H14N2O2/c1-20-16(19)12-6-4-5-11(9-12)10-15-17-13-7-2-3-8-14(13)18-15/h2-9H,10H2,1H3,(H,17,18). The number of hydrogen-bond acceptors (Lipinski definition) is 3. The Morgan fingerprint density at radius 3 is 2.85 bits per heavy atom. The first-order valence-corrected chi connectivity index (χ1v) is 6.37. The van der Waals surface area contributed by atoms with Gasteiger partial charge in [-0.25, -0.2) is 9.78 Å². The fourth-order valence-electron chi connectivity index (χ4n) is 2.21. The number of carbonyl (C=O) groups excluding carboxylic acids is 1. The molecule has 0 aliphatic carbocycles. The summed E-state index contributed by atoms with van der Waals surface area (Å²) in [7, 11) is 1.38. The van der Waals surface area contributed by atoms with Crippen LogP contribution in [-0.2, 0) is 11.2 Å². The first-order valence-electron chi connectivity index (χ1n) is 6.37. The fraction of sp³-hybridized carbons (Fsp3) is 0.125. The Morgan fingerprint density at radius 1 is 1.20 bits per heavy atom. The molecule has 1 N–H and O–H groups in total. The quantitative estimate of drug-likeness (QED) is 0.741. The van der Waals surface area contributed by atoms with E-state index in [9.17, 15) is 4.79 Å². The highest BCUT2D eigenvalue weighted by Crippen LogP contribution is 2.14. The van der Waals surface area contributed by atoms with Crippen molar-refractivity contribution in [3.8, 4) is 0 Å². The second kappa shape index (κ2) is 5.17. The predicted molar refractivity (Wildman–Crippen MR) is 76.7 cm³/mol. The van der Waals surface area contributed by atoms with Crippen LogP contribution in [0, 0.1) is 0 Å². The van der Waals surface area contributed by atoms with Crippen molar-refractivity contribution >= 4 is 17.0 Å². The van der Waals surface area contributed by atoms with Crippen LogP contribution in [-0.4, -0.2) is 23.0 Å². The van der Waals surface area contributed by atoms with E-state index in [0.717, 1.165) is 22.4 Å². The second-order valence-corrected chi connectivity index (χ2v) is 4.57. The van der Waals surface area contributed by atoms with Gasteiger partial charge < -0.3 is 9.72 Å². The molecule has 100 valence electrons. The van der Waals surface area contributed by atoms with Crippen molar-refractivity contribution in [1.29, 1.82) is 0 Å². The minimum absolute atomic E-state index is 0.323. The third-order valence-corrected chi connectivity index (χ3v) is 3.16. The molecule has 0 spiro atoms. The molecule has 0 saturated heterocycles. The molecule has 0 bridgehead atoms. The highest BCUT2D eigenvalue weighted by molar-refractivity contribution is 5.89. The Morgan fingerprint density at radius 2 is 2.05 bits per heavy atom. The van der Waals surface area contributed by atoms with Crippen LogP contribution in [0.3, 0.4) is 0 Å². The largest absolute Gasteiger partial charge is 0.465 e. The summed E-state index contributed by atoms with van der Waals surface area (Å²) >= 11 is 0. The Labute approximate surface area is 116 Å². The molecular formula is C16H14N2O2. The van der Waals surface area contributed by atoms with Crippen molar-refractivity contribution in [2.24, 2.45) is 0 Å². The Balaban J connectivity index is 1.88. The van der Waals surface area contributed by atoms with Gasteiger partial charge in [-0.2, -0.15) is 0 Å². The first kappa shape index (κ1) is 12.4. The number of carbonyl (C=O) groups is 1. The molecule has 0 fully saturated rings. The number of aromatic nitrogens is 2. The van der Waals surface area contributed by atoms with E-state index in [1.165, 1.54) is 7.11 Å². The number of rotatable bonds is 3. The molecule has 2 aromatic carbocycles. The molecule has 0 saturated carbocycles. The van der Waals surface area contributed by atoms with Crippen molar-refractivity contribution in [2.45, 2.75) is 6.42 Å². The van der Waals surface area contributed by atoms with E-state index < -0.39 is 0 Å². The maximum atomic E-state index is 11.5. The number of fused-ring (bicyclic) bond motifs is 1.